The van der Waals surface area contributed by atoms with Gasteiger partial charge in [0.25, 0.3) is 0 Å². The molecular weight excluding hydrogens is 314 g/mol. The van der Waals surface area contributed by atoms with E-state index < -0.39 is 6.10 Å². The molecule has 0 aliphatic carbocycles. The molecule has 0 aromatic heterocycles. The Balaban J connectivity index is 1.96. The van der Waals surface area contributed by atoms with Crippen LogP contribution < -0.4 is 10.1 Å². The number of nitrogens with one attached hydrogen (secondary N) is 1. The minimum atomic E-state index is -0.426. The third kappa shape index (κ3) is 5.61. The first kappa shape index (κ1) is 19.0. The van der Waals surface area contributed by atoms with Crippen molar-refractivity contribution in [3.63, 3.8) is 0 Å². The Morgan fingerprint density at radius 2 is 1.56 bits per heavy atom. The number of amides is 1. The molecule has 0 fully saturated rings. The zero-order valence-electron chi connectivity index (χ0n) is 15.4. The summed E-state index contributed by atoms with van der Waals surface area (Å²) in [6, 6.07) is 16.6. The van der Waals surface area contributed by atoms with Gasteiger partial charge in [0.1, 0.15) is 11.9 Å². The van der Waals surface area contributed by atoms with Crippen LogP contribution >= 0.6 is 0 Å². The molecule has 0 heterocycles. The van der Waals surface area contributed by atoms with Gasteiger partial charge < -0.3 is 14.8 Å². The van der Waals surface area contributed by atoms with Gasteiger partial charge in [-0.3, -0.25) is 4.79 Å². The number of carbonyl (C=O) groups excluding carboxylic acids is 1. The smallest absolute Gasteiger partial charge is 0.249 e. The van der Waals surface area contributed by atoms with Gasteiger partial charge in [-0.05, 0) is 56.0 Å². The lowest BCUT2D eigenvalue weighted by molar-refractivity contribution is -0.130. The highest BCUT2D eigenvalue weighted by Gasteiger charge is 2.14. The summed E-state index contributed by atoms with van der Waals surface area (Å²) in [5.41, 5.74) is 3.51. The molecule has 2 atom stereocenters. The fourth-order valence-electron chi connectivity index (χ4n) is 2.62. The van der Waals surface area contributed by atoms with E-state index in [0.717, 1.165) is 23.3 Å². The lowest BCUT2D eigenvalue weighted by atomic mass is 10.0. The van der Waals surface area contributed by atoms with Gasteiger partial charge in [-0.1, -0.05) is 36.4 Å². The van der Waals surface area contributed by atoms with Gasteiger partial charge in [-0.15, -0.1) is 0 Å². The highest BCUT2D eigenvalue weighted by Crippen LogP contribution is 2.23. The number of carbonyl (C=O) groups is 1. The summed E-state index contributed by atoms with van der Waals surface area (Å²) < 4.78 is 10.5. The van der Waals surface area contributed by atoms with Crippen LogP contribution in [0.3, 0.4) is 0 Å². The number of hydrogen-bond acceptors (Lipinski definition) is 3. The van der Waals surface area contributed by atoms with E-state index in [-0.39, 0.29) is 11.9 Å². The normalized spacial score (nSPS) is 13.1. The second-order valence-electron chi connectivity index (χ2n) is 6.15. The van der Waals surface area contributed by atoms with Crippen LogP contribution in [0.25, 0.3) is 11.1 Å². The van der Waals surface area contributed by atoms with Crippen LogP contribution in [0.2, 0.25) is 0 Å². The Morgan fingerprint density at radius 1 is 1.00 bits per heavy atom. The molecule has 0 radical (unpaired) electrons. The first-order valence-corrected chi connectivity index (χ1v) is 8.68. The molecule has 1 N–H and O–H groups in total. The molecule has 2 aromatic carbocycles. The van der Waals surface area contributed by atoms with Crippen molar-refractivity contribution in [1.82, 2.24) is 5.32 Å². The second kappa shape index (κ2) is 9.23. The zero-order chi connectivity index (χ0) is 18.2. The summed E-state index contributed by atoms with van der Waals surface area (Å²) in [5.74, 6) is 0.804. The highest BCUT2D eigenvalue weighted by atomic mass is 16.5. The van der Waals surface area contributed by atoms with E-state index in [2.05, 4.69) is 41.7 Å². The van der Waals surface area contributed by atoms with Crippen LogP contribution in [0.4, 0.5) is 0 Å². The average molecular weight is 341 g/mol. The Labute approximate surface area is 150 Å². The second-order valence-corrected chi connectivity index (χ2v) is 6.15. The molecule has 1 amide bonds. The van der Waals surface area contributed by atoms with Gasteiger partial charge in [-0.2, -0.15) is 0 Å². The maximum atomic E-state index is 11.8. The summed E-state index contributed by atoms with van der Waals surface area (Å²) in [6.07, 6.45) is 0.357. The molecule has 2 aromatic rings. The van der Waals surface area contributed by atoms with Crippen molar-refractivity contribution >= 4 is 5.91 Å². The average Bonchev–Trinajstić information content (AvgIpc) is 2.62. The molecule has 0 aliphatic heterocycles. The Morgan fingerprint density at radius 3 is 2.08 bits per heavy atom. The van der Waals surface area contributed by atoms with E-state index in [9.17, 15) is 4.79 Å². The first-order chi connectivity index (χ1) is 12.0. The van der Waals surface area contributed by atoms with Gasteiger partial charge in [0.15, 0.2) is 0 Å². The fraction of sp³-hybridized carbons (Fsp3) is 0.381. The predicted octanol–water partition coefficient (Wildman–Crippen LogP) is 3.83. The molecule has 4 nitrogen and oxygen atoms in total. The molecule has 0 aliphatic rings. The van der Waals surface area contributed by atoms with Gasteiger partial charge in [0.05, 0.1) is 6.61 Å². The van der Waals surface area contributed by atoms with Crippen molar-refractivity contribution < 1.29 is 14.3 Å². The lowest BCUT2D eigenvalue weighted by Gasteiger charge is -2.17. The van der Waals surface area contributed by atoms with E-state index in [4.69, 9.17) is 9.47 Å². The largest absolute Gasteiger partial charge is 0.494 e. The molecule has 4 heteroatoms. The van der Waals surface area contributed by atoms with E-state index in [1.54, 1.807) is 6.92 Å². The molecule has 134 valence electrons. The summed E-state index contributed by atoms with van der Waals surface area (Å²) in [4.78, 5) is 11.8. The molecule has 0 saturated carbocycles. The first-order valence-electron chi connectivity index (χ1n) is 8.68. The molecule has 2 rings (SSSR count). The SMILES string of the molecule is CCOc1ccc(-c2ccc(CC(C)NC(=O)[C@H](C)OC)cc2)cc1. The van der Waals surface area contributed by atoms with Gasteiger partial charge >= 0.3 is 0 Å². The number of benzene rings is 2. The molecule has 0 saturated heterocycles. The predicted molar refractivity (Wildman–Crippen MR) is 101 cm³/mol. The van der Waals surface area contributed by atoms with Crippen LogP contribution in [0.1, 0.15) is 26.3 Å². The number of ether oxygens (including phenoxy) is 2. The third-order valence-electron chi connectivity index (χ3n) is 4.11. The highest BCUT2D eigenvalue weighted by molar-refractivity contribution is 5.80. The van der Waals surface area contributed by atoms with Gasteiger partial charge in [0.2, 0.25) is 5.91 Å². The topological polar surface area (TPSA) is 47.6 Å². The van der Waals surface area contributed by atoms with E-state index in [0.29, 0.717) is 6.61 Å². The van der Waals surface area contributed by atoms with Crippen molar-refractivity contribution in [3.05, 3.63) is 54.1 Å². The minimum Gasteiger partial charge on any atom is -0.494 e. The zero-order valence-corrected chi connectivity index (χ0v) is 15.4. The van der Waals surface area contributed by atoms with Crippen LogP contribution in [0, 0.1) is 0 Å². The summed E-state index contributed by atoms with van der Waals surface area (Å²) in [5, 5.41) is 2.97. The minimum absolute atomic E-state index is 0.0569. The summed E-state index contributed by atoms with van der Waals surface area (Å²) in [7, 11) is 1.54. The van der Waals surface area contributed by atoms with Crippen LogP contribution in [0.5, 0.6) is 5.75 Å². The van der Waals surface area contributed by atoms with Crippen molar-refractivity contribution in [3.8, 4) is 16.9 Å². The number of rotatable bonds is 8. The standard InChI is InChI=1S/C21H27NO3/c1-5-25-20-12-10-19(11-13-20)18-8-6-17(7-9-18)14-15(2)22-21(23)16(3)24-4/h6-13,15-16H,5,14H2,1-4H3,(H,22,23)/t15?,16-/m0/s1. The van der Waals surface area contributed by atoms with Crippen LogP contribution in [-0.2, 0) is 16.0 Å². The van der Waals surface area contributed by atoms with E-state index >= 15 is 0 Å². The van der Waals surface area contributed by atoms with Crippen molar-refractivity contribution in [1.29, 1.82) is 0 Å². The van der Waals surface area contributed by atoms with Crippen LogP contribution in [0.15, 0.2) is 48.5 Å². The number of methoxy groups -OCH3 is 1. The van der Waals surface area contributed by atoms with Crippen molar-refractivity contribution in [2.45, 2.75) is 39.3 Å². The molecule has 0 spiro atoms. The molecular formula is C21H27NO3. The van der Waals surface area contributed by atoms with E-state index in [1.165, 1.54) is 12.7 Å². The lowest BCUT2D eigenvalue weighted by Crippen LogP contribution is -2.40. The monoisotopic (exact) mass is 341 g/mol. The van der Waals surface area contributed by atoms with Gasteiger partial charge in [0, 0.05) is 13.2 Å². The van der Waals surface area contributed by atoms with Crippen molar-refractivity contribution in [2.24, 2.45) is 0 Å². The van der Waals surface area contributed by atoms with Gasteiger partial charge in [-0.25, -0.2) is 0 Å². The molecule has 1 unspecified atom stereocenters. The third-order valence-corrected chi connectivity index (χ3v) is 4.11. The molecule has 25 heavy (non-hydrogen) atoms. The summed E-state index contributed by atoms with van der Waals surface area (Å²) >= 11 is 0. The maximum Gasteiger partial charge on any atom is 0.249 e. The Bertz CT molecular complexity index is 665. The summed E-state index contributed by atoms with van der Waals surface area (Å²) in [6.45, 7) is 6.40. The fourth-order valence-corrected chi connectivity index (χ4v) is 2.62. The van der Waals surface area contributed by atoms with Crippen molar-refractivity contribution in [2.75, 3.05) is 13.7 Å². The Kier molecular flexibility index (Phi) is 7.02. The quantitative estimate of drug-likeness (QED) is 0.794. The van der Waals surface area contributed by atoms with Crippen LogP contribution in [-0.4, -0.2) is 31.8 Å². The maximum absolute atomic E-state index is 11.8. The Hall–Kier alpha value is -2.33. The van der Waals surface area contributed by atoms with E-state index in [1.807, 2.05) is 26.0 Å². The number of hydrogen-bond donors (Lipinski definition) is 1. The molecule has 0 bridgehead atoms.